The van der Waals surface area contributed by atoms with Gasteiger partial charge in [-0.3, -0.25) is 57.5 Å². The molecule has 0 unspecified atom stereocenters. The Kier molecular flexibility index (Phi) is 28.2. The van der Waals surface area contributed by atoms with Gasteiger partial charge in [0.05, 0.1) is 25.2 Å². The molecule has 26 heteroatoms. The lowest BCUT2D eigenvalue weighted by Gasteiger charge is -2.36. The van der Waals surface area contributed by atoms with Crippen molar-refractivity contribution in [2.45, 2.75) is 247 Å². The molecule has 2 fully saturated rings. The Morgan fingerprint density at radius 2 is 1.01 bits per heavy atom. The second-order valence-electron chi connectivity index (χ2n) is 25.9. The Balaban J connectivity index is 2.35. The first-order valence-corrected chi connectivity index (χ1v) is 29.7. The number of hydrogen-bond acceptors (Lipinski definition) is 14. The van der Waals surface area contributed by atoms with Crippen molar-refractivity contribution in [2.75, 3.05) is 19.7 Å². The number of nitrogens with one attached hydrogen (secondary N) is 9. The average molecular weight is 1190 g/mol. The van der Waals surface area contributed by atoms with Crippen molar-refractivity contribution in [3.63, 3.8) is 0 Å². The molecule has 2 heterocycles. The summed E-state index contributed by atoms with van der Waals surface area (Å²) in [6.07, 6.45) is 0.306. The molecule has 2 aliphatic rings. The molecule has 13 N–H and O–H groups in total. The SMILES string of the molecule is CC[C@H](C)[C@H](NC(=O)[C@H](CC(N)=O)NC(=O)C(C)(C)NC(C)=O)C(=O)N[C@H](C(=O)NC(C)(C)C(=O)N1C[C@H](O)C[C@H]1C(=O)N[C@@H](CC(C)C)C(=O)N[C@@H](CC(C)C)C(=O)NC(C)(C)C(=O)N1CCC[C@H]1C(=O)N[C@H](CO)CC(C)C)[C@@H](C)CC. The van der Waals surface area contributed by atoms with Gasteiger partial charge in [0.15, 0.2) is 0 Å². The molecule has 12 amide bonds. The molecule has 2 rings (SSSR count). The van der Waals surface area contributed by atoms with Crippen LogP contribution in [0.15, 0.2) is 0 Å². The molecule has 0 saturated carbocycles. The second-order valence-corrected chi connectivity index (χ2v) is 25.9. The molecule has 0 spiro atoms. The number of likely N-dealkylation sites (tertiary alicyclic amines) is 2. The molecular formula is C58H102N12O14. The zero-order valence-corrected chi connectivity index (χ0v) is 52.8. The van der Waals surface area contributed by atoms with Gasteiger partial charge in [-0.25, -0.2) is 0 Å². The highest BCUT2D eigenvalue weighted by Gasteiger charge is 2.48. The molecule has 0 aliphatic carbocycles. The van der Waals surface area contributed by atoms with E-state index in [-0.39, 0.29) is 56.7 Å². The van der Waals surface area contributed by atoms with Crippen LogP contribution in [0.2, 0.25) is 0 Å². The van der Waals surface area contributed by atoms with Crippen LogP contribution < -0.4 is 53.6 Å². The van der Waals surface area contributed by atoms with Crippen LogP contribution in [0.3, 0.4) is 0 Å². The van der Waals surface area contributed by atoms with Crippen LogP contribution in [-0.2, 0) is 57.5 Å². The molecule has 11 atom stereocenters. The van der Waals surface area contributed by atoms with Crippen molar-refractivity contribution in [1.29, 1.82) is 0 Å². The standard InChI is InChI=1S/C58H102N12O14/c1-18-33(9)44(64-47(76)40(27-43(59)74)63-53(82)56(12,13)66-35(11)72)51(80)65-45(34(10)19-2)52(81)68-58(16,17)55(84)70-28-37(73)26-42(70)50(79)62-38(24-31(5)6)46(75)61-39(25-32(7)8)48(77)67-57(14,15)54(83)69-22-20-21-41(69)49(78)60-36(29-71)23-30(3)4/h30-34,36-42,44-45,71,73H,18-29H2,1-17H3,(H2,59,74)(H,60,78)(H,61,75)(H,62,79)(H,63,82)(H,64,76)(H,65,80)(H,66,72)(H,67,77)(H,68,81)/t33-,34-,36-,37+,38-,39-,40-,41-,42-,44-,45-/m0/s1. The summed E-state index contributed by atoms with van der Waals surface area (Å²) >= 11 is 0. The van der Waals surface area contributed by atoms with Crippen molar-refractivity contribution in [1.82, 2.24) is 57.7 Å². The van der Waals surface area contributed by atoms with E-state index in [9.17, 15) is 67.7 Å². The molecule has 84 heavy (non-hydrogen) atoms. The first-order chi connectivity index (χ1) is 38.7. The number of carbonyl (C=O) groups excluding carboxylic acids is 12. The number of carbonyl (C=O) groups is 12. The number of primary amides is 1. The largest absolute Gasteiger partial charge is 0.394 e. The van der Waals surface area contributed by atoms with Gasteiger partial charge in [0, 0.05) is 26.4 Å². The minimum absolute atomic E-state index is 0.0855. The highest BCUT2D eigenvalue weighted by Crippen LogP contribution is 2.26. The fourth-order valence-electron chi connectivity index (χ4n) is 10.3. The third-order valence-electron chi connectivity index (χ3n) is 15.3. The minimum atomic E-state index is -1.79. The van der Waals surface area contributed by atoms with Crippen LogP contribution in [-0.4, -0.2) is 182 Å². The summed E-state index contributed by atoms with van der Waals surface area (Å²) in [5.41, 5.74) is 0.599. The van der Waals surface area contributed by atoms with E-state index in [4.69, 9.17) is 5.73 Å². The quantitative estimate of drug-likeness (QED) is 0.0410. The summed E-state index contributed by atoms with van der Waals surface area (Å²) in [5.74, 6) is -10.0. The Bertz CT molecular complexity index is 2360. The lowest BCUT2D eigenvalue weighted by molar-refractivity contribution is -0.146. The Morgan fingerprint density at radius 3 is 1.50 bits per heavy atom. The number of aliphatic hydroxyl groups excluding tert-OH is 2. The number of nitrogens with zero attached hydrogens (tertiary/aromatic N) is 2. The number of rotatable bonds is 32. The van der Waals surface area contributed by atoms with Crippen molar-refractivity contribution in [3.05, 3.63) is 0 Å². The summed E-state index contributed by atoms with van der Waals surface area (Å²) in [5, 5.41) is 44.9. The maximum atomic E-state index is 14.6. The second kappa shape index (κ2) is 32.2. The zero-order chi connectivity index (χ0) is 64.5. The highest BCUT2D eigenvalue weighted by atomic mass is 16.3. The van der Waals surface area contributed by atoms with Crippen molar-refractivity contribution < 1.29 is 67.7 Å². The Labute approximate surface area is 496 Å². The smallest absolute Gasteiger partial charge is 0.248 e. The molecule has 0 aromatic carbocycles. The molecule has 0 bridgehead atoms. The maximum Gasteiger partial charge on any atom is 0.248 e. The van der Waals surface area contributed by atoms with E-state index in [0.29, 0.717) is 32.1 Å². The first-order valence-electron chi connectivity index (χ1n) is 29.7. The lowest BCUT2D eigenvalue weighted by atomic mass is 9.93. The van der Waals surface area contributed by atoms with Gasteiger partial charge in [-0.15, -0.1) is 0 Å². The third kappa shape index (κ3) is 21.9. The van der Waals surface area contributed by atoms with Gasteiger partial charge in [-0.05, 0) is 103 Å². The van der Waals surface area contributed by atoms with Crippen LogP contribution in [0.1, 0.15) is 175 Å². The van der Waals surface area contributed by atoms with Gasteiger partial charge in [-0.1, -0.05) is 82.1 Å². The van der Waals surface area contributed by atoms with Crippen LogP contribution in [0.4, 0.5) is 0 Å². The summed E-state index contributed by atoms with van der Waals surface area (Å²) < 4.78 is 0. The summed E-state index contributed by atoms with van der Waals surface area (Å²) in [7, 11) is 0. The minimum Gasteiger partial charge on any atom is -0.394 e. The maximum absolute atomic E-state index is 14.6. The highest BCUT2D eigenvalue weighted by molar-refractivity contribution is 6.01. The summed E-state index contributed by atoms with van der Waals surface area (Å²) in [6, 6.07) is -9.28. The number of amides is 12. The predicted molar refractivity (Wildman–Crippen MR) is 313 cm³/mol. The number of β-amino-alcohol motifs (C(OH)–C–C–N with tert-alkyl or cyclic N) is 1. The van der Waals surface area contributed by atoms with Gasteiger partial charge in [0.2, 0.25) is 70.9 Å². The monoisotopic (exact) mass is 1190 g/mol. The van der Waals surface area contributed by atoms with E-state index in [1.54, 1.807) is 27.7 Å². The molecule has 478 valence electrons. The van der Waals surface area contributed by atoms with Crippen LogP contribution in [0.5, 0.6) is 0 Å². The van der Waals surface area contributed by atoms with Crippen molar-refractivity contribution in [3.8, 4) is 0 Å². The third-order valence-corrected chi connectivity index (χ3v) is 15.3. The van der Waals surface area contributed by atoms with Gasteiger partial charge in [0.25, 0.3) is 0 Å². The number of aliphatic hydroxyl groups is 2. The average Bonchev–Trinajstić information content (AvgIpc) is 4.24. The molecular weight excluding hydrogens is 1090 g/mol. The Hall–Kier alpha value is -6.44. The van der Waals surface area contributed by atoms with Gasteiger partial charge < -0.3 is 73.6 Å². The zero-order valence-electron chi connectivity index (χ0n) is 52.8. The van der Waals surface area contributed by atoms with E-state index in [0.717, 1.165) is 4.90 Å². The van der Waals surface area contributed by atoms with Crippen LogP contribution in [0, 0.1) is 29.6 Å². The first kappa shape index (κ1) is 73.7. The molecule has 26 nitrogen and oxygen atoms in total. The van der Waals surface area contributed by atoms with E-state index < -0.39 is 160 Å². The molecule has 0 aromatic heterocycles. The Morgan fingerprint density at radius 1 is 0.548 bits per heavy atom. The van der Waals surface area contributed by atoms with E-state index in [2.05, 4.69) is 47.9 Å². The van der Waals surface area contributed by atoms with Gasteiger partial charge >= 0.3 is 0 Å². The normalized spacial score (nSPS) is 19.4. The van der Waals surface area contributed by atoms with E-state index >= 15 is 0 Å². The molecule has 0 radical (unpaired) electrons. The predicted octanol–water partition coefficient (Wildman–Crippen LogP) is -0.350. The van der Waals surface area contributed by atoms with Gasteiger partial charge in [-0.2, -0.15) is 0 Å². The van der Waals surface area contributed by atoms with Crippen molar-refractivity contribution in [2.24, 2.45) is 35.3 Å². The van der Waals surface area contributed by atoms with Crippen molar-refractivity contribution >= 4 is 70.9 Å². The fraction of sp³-hybridized carbons (Fsp3) is 0.793. The molecule has 2 aliphatic heterocycles. The molecule has 2 saturated heterocycles. The van der Waals surface area contributed by atoms with E-state index in [1.807, 2.05) is 41.5 Å². The number of nitrogens with two attached hydrogens (primary N) is 1. The topological polar surface area (TPSA) is 386 Å². The van der Waals surface area contributed by atoms with Gasteiger partial charge in [0.1, 0.15) is 58.9 Å². The number of hydrogen-bond donors (Lipinski definition) is 12. The summed E-state index contributed by atoms with van der Waals surface area (Å²) in [4.78, 5) is 167. The van der Waals surface area contributed by atoms with E-state index in [1.165, 1.54) is 53.4 Å². The van der Waals surface area contributed by atoms with Crippen LogP contribution in [0.25, 0.3) is 0 Å². The lowest BCUT2D eigenvalue weighted by Crippen LogP contribution is -2.64. The van der Waals surface area contributed by atoms with Crippen LogP contribution >= 0.6 is 0 Å². The fourth-order valence-corrected chi connectivity index (χ4v) is 10.3. The molecule has 0 aromatic rings. The summed E-state index contributed by atoms with van der Waals surface area (Å²) in [6.45, 7) is 27.6.